The van der Waals surface area contributed by atoms with Crippen LogP contribution in [0.4, 0.5) is 11.4 Å². The second-order valence-corrected chi connectivity index (χ2v) is 5.74. The minimum absolute atomic E-state index is 0.159. The van der Waals surface area contributed by atoms with Crippen molar-refractivity contribution in [3.63, 3.8) is 0 Å². The smallest absolute Gasteiger partial charge is 0.248 e. The van der Waals surface area contributed by atoms with Crippen LogP contribution in [-0.4, -0.2) is 16.6 Å². The van der Waals surface area contributed by atoms with Crippen molar-refractivity contribution >= 4 is 22.3 Å². The lowest BCUT2D eigenvalue weighted by Gasteiger charge is -2.15. The van der Waals surface area contributed by atoms with E-state index < -0.39 is 6.10 Å². The second kappa shape index (κ2) is 6.74. The van der Waals surface area contributed by atoms with E-state index in [9.17, 15) is 9.90 Å². The van der Waals surface area contributed by atoms with Gasteiger partial charge in [0.25, 0.3) is 0 Å². The first-order valence-corrected chi connectivity index (χ1v) is 7.69. The number of benzene rings is 2. The molecule has 1 aromatic heterocycles. The maximum atomic E-state index is 11.4. The molecule has 0 fully saturated rings. The molecular weight excluding hydrogens is 304 g/mol. The lowest BCUT2D eigenvalue weighted by atomic mass is 10.0. The molecule has 1 atom stereocenters. The van der Waals surface area contributed by atoms with Gasteiger partial charge in [0, 0.05) is 30.1 Å². The zero-order chi connectivity index (χ0) is 17.1. The fourth-order valence-electron chi connectivity index (χ4n) is 2.70. The van der Waals surface area contributed by atoms with E-state index >= 15 is 0 Å². The highest BCUT2D eigenvalue weighted by molar-refractivity contribution is 5.82. The van der Waals surface area contributed by atoms with E-state index in [1.54, 1.807) is 12.1 Å². The van der Waals surface area contributed by atoms with Gasteiger partial charge in [0.1, 0.15) is 0 Å². The number of nitrogen functional groups attached to an aromatic ring is 2. The van der Waals surface area contributed by atoms with Gasteiger partial charge in [-0.25, -0.2) is 0 Å². The fraction of sp³-hybridized carbons (Fsp3) is 0.167. The van der Waals surface area contributed by atoms with Crippen molar-refractivity contribution < 1.29 is 5.11 Å². The molecule has 24 heavy (non-hydrogen) atoms. The first kappa shape index (κ1) is 16.0. The fourth-order valence-corrected chi connectivity index (χ4v) is 2.70. The third kappa shape index (κ3) is 3.40. The van der Waals surface area contributed by atoms with E-state index in [2.05, 4.69) is 10.3 Å². The van der Waals surface area contributed by atoms with Crippen LogP contribution in [0.5, 0.6) is 0 Å². The zero-order valence-electron chi connectivity index (χ0n) is 13.1. The molecule has 6 heteroatoms. The SMILES string of the molecule is Nc1ccc(CNCC(O)c2cccc3[nH]c(=O)ccc23)cc1N. The number of aromatic nitrogens is 1. The Morgan fingerprint density at radius 3 is 2.71 bits per heavy atom. The average Bonchev–Trinajstić information content (AvgIpc) is 2.57. The number of aliphatic hydroxyl groups excluding tert-OH is 1. The second-order valence-electron chi connectivity index (χ2n) is 5.74. The van der Waals surface area contributed by atoms with Crippen LogP contribution in [0.3, 0.4) is 0 Å². The maximum Gasteiger partial charge on any atom is 0.248 e. The summed E-state index contributed by atoms with van der Waals surface area (Å²) >= 11 is 0. The summed E-state index contributed by atoms with van der Waals surface area (Å²) in [5, 5.41) is 14.5. The molecule has 0 aliphatic carbocycles. The monoisotopic (exact) mass is 324 g/mol. The van der Waals surface area contributed by atoms with Gasteiger partial charge in [0.15, 0.2) is 0 Å². The van der Waals surface area contributed by atoms with Crippen LogP contribution < -0.4 is 22.3 Å². The van der Waals surface area contributed by atoms with Crippen molar-refractivity contribution in [1.82, 2.24) is 10.3 Å². The number of rotatable bonds is 5. The Morgan fingerprint density at radius 2 is 1.92 bits per heavy atom. The van der Waals surface area contributed by atoms with Crippen molar-refractivity contribution in [2.75, 3.05) is 18.0 Å². The molecule has 6 nitrogen and oxygen atoms in total. The average molecular weight is 324 g/mol. The number of pyridine rings is 1. The molecule has 3 rings (SSSR count). The molecule has 0 aliphatic rings. The zero-order valence-corrected chi connectivity index (χ0v) is 13.1. The summed E-state index contributed by atoms with van der Waals surface area (Å²) in [5.41, 5.74) is 14.9. The molecule has 0 saturated heterocycles. The molecule has 1 heterocycles. The summed E-state index contributed by atoms with van der Waals surface area (Å²) in [5.74, 6) is 0. The molecule has 0 bridgehead atoms. The highest BCUT2D eigenvalue weighted by Crippen LogP contribution is 2.22. The third-order valence-corrected chi connectivity index (χ3v) is 3.98. The summed E-state index contributed by atoms with van der Waals surface area (Å²) in [6.45, 7) is 0.950. The normalized spacial score (nSPS) is 12.4. The number of fused-ring (bicyclic) bond motifs is 1. The Balaban J connectivity index is 1.70. The van der Waals surface area contributed by atoms with Gasteiger partial charge in [-0.1, -0.05) is 18.2 Å². The van der Waals surface area contributed by atoms with Gasteiger partial charge < -0.3 is 26.9 Å². The van der Waals surface area contributed by atoms with Crippen LogP contribution >= 0.6 is 0 Å². The topological polar surface area (TPSA) is 117 Å². The molecule has 124 valence electrons. The van der Waals surface area contributed by atoms with Crippen LogP contribution in [0.2, 0.25) is 0 Å². The molecule has 3 aromatic rings. The van der Waals surface area contributed by atoms with Crippen molar-refractivity contribution in [1.29, 1.82) is 0 Å². The summed E-state index contributed by atoms with van der Waals surface area (Å²) in [4.78, 5) is 14.2. The number of nitrogens with one attached hydrogen (secondary N) is 2. The van der Waals surface area contributed by atoms with Gasteiger partial charge in [-0.3, -0.25) is 4.79 Å². The van der Waals surface area contributed by atoms with Crippen molar-refractivity contribution in [2.24, 2.45) is 0 Å². The number of aromatic amines is 1. The van der Waals surface area contributed by atoms with Crippen LogP contribution in [0.1, 0.15) is 17.2 Å². The number of hydrogen-bond acceptors (Lipinski definition) is 5. The van der Waals surface area contributed by atoms with Crippen molar-refractivity contribution in [3.05, 3.63) is 70.0 Å². The lowest BCUT2D eigenvalue weighted by Crippen LogP contribution is -2.21. The maximum absolute atomic E-state index is 11.4. The quantitative estimate of drug-likeness (QED) is 0.456. The van der Waals surface area contributed by atoms with Gasteiger partial charge in [-0.05, 0) is 35.4 Å². The minimum Gasteiger partial charge on any atom is -0.397 e. The Morgan fingerprint density at radius 1 is 1.08 bits per heavy atom. The third-order valence-electron chi connectivity index (χ3n) is 3.98. The highest BCUT2D eigenvalue weighted by Gasteiger charge is 2.11. The molecule has 0 aliphatic heterocycles. The number of hydrogen-bond donors (Lipinski definition) is 5. The van der Waals surface area contributed by atoms with Gasteiger partial charge >= 0.3 is 0 Å². The molecule has 0 amide bonds. The Labute approximate surface area is 139 Å². The molecule has 2 aromatic carbocycles. The van der Waals surface area contributed by atoms with Gasteiger partial charge in [-0.15, -0.1) is 0 Å². The van der Waals surface area contributed by atoms with E-state index in [4.69, 9.17) is 11.5 Å². The Kier molecular flexibility index (Phi) is 4.50. The van der Waals surface area contributed by atoms with Gasteiger partial charge in [0.05, 0.1) is 17.5 Å². The number of H-pyrrole nitrogens is 1. The van der Waals surface area contributed by atoms with Crippen molar-refractivity contribution in [2.45, 2.75) is 12.6 Å². The summed E-state index contributed by atoms with van der Waals surface area (Å²) < 4.78 is 0. The summed E-state index contributed by atoms with van der Waals surface area (Å²) in [6, 6.07) is 14.2. The Hall–Kier alpha value is -2.83. The lowest BCUT2D eigenvalue weighted by molar-refractivity contribution is 0.176. The van der Waals surface area contributed by atoms with Gasteiger partial charge in [0.2, 0.25) is 5.56 Å². The molecular formula is C18H20N4O2. The van der Waals surface area contributed by atoms with Crippen LogP contribution in [-0.2, 0) is 6.54 Å². The first-order valence-electron chi connectivity index (χ1n) is 7.69. The van der Waals surface area contributed by atoms with E-state index in [0.717, 1.165) is 16.5 Å². The standard InChI is InChI=1S/C18H20N4O2/c19-14-6-4-11(8-15(14)20)9-21-10-17(23)13-2-1-3-16-12(13)5-7-18(24)22-16/h1-8,17,21,23H,9-10,19-20H2,(H,22,24). The number of nitrogens with two attached hydrogens (primary N) is 2. The summed E-state index contributed by atoms with van der Waals surface area (Å²) in [7, 11) is 0. The number of anilines is 2. The van der Waals surface area contributed by atoms with E-state index in [1.165, 1.54) is 6.07 Å². The van der Waals surface area contributed by atoms with E-state index in [0.29, 0.717) is 30.0 Å². The predicted molar refractivity (Wildman–Crippen MR) is 96.5 cm³/mol. The van der Waals surface area contributed by atoms with Crippen LogP contribution in [0, 0.1) is 0 Å². The molecule has 1 unspecified atom stereocenters. The predicted octanol–water partition coefficient (Wildman–Crippen LogP) is 1.52. The molecule has 0 radical (unpaired) electrons. The first-order chi connectivity index (χ1) is 11.5. The van der Waals surface area contributed by atoms with Crippen molar-refractivity contribution in [3.8, 4) is 0 Å². The Bertz CT molecular complexity index is 920. The molecule has 0 saturated carbocycles. The minimum atomic E-state index is -0.689. The molecule has 7 N–H and O–H groups in total. The van der Waals surface area contributed by atoms with Crippen LogP contribution in [0.15, 0.2) is 53.3 Å². The van der Waals surface area contributed by atoms with Crippen LogP contribution in [0.25, 0.3) is 10.9 Å². The van der Waals surface area contributed by atoms with Gasteiger partial charge in [-0.2, -0.15) is 0 Å². The summed E-state index contributed by atoms with van der Waals surface area (Å²) in [6.07, 6.45) is -0.689. The molecule has 0 spiro atoms. The van der Waals surface area contributed by atoms with E-state index in [1.807, 2.05) is 30.3 Å². The highest BCUT2D eigenvalue weighted by atomic mass is 16.3. The number of aliphatic hydroxyl groups is 1. The van der Waals surface area contributed by atoms with E-state index in [-0.39, 0.29) is 5.56 Å². The largest absolute Gasteiger partial charge is 0.397 e.